The Balaban J connectivity index is 2.03. The molecule has 0 aliphatic heterocycles. The van der Waals surface area contributed by atoms with E-state index in [1.54, 1.807) is 61.5 Å². The third-order valence-corrected chi connectivity index (χ3v) is 6.99. The number of aryl methyl sites for hydroxylation is 1. The van der Waals surface area contributed by atoms with Crippen molar-refractivity contribution in [3.05, 3.63) is 66.2 Å². The number of nitrogens with zero attached hydrogens (tertiary/aromatic N) is 1. The quantitative estimate of drug-likeness (QED) is 0.451. The van der Waals surface area contributed by atoms with Crippen LogP contribution < -0.4 is 28.6 Å². The lowest BCUT2D eigenvalue weighted by molar-refractivity contribution is -0.114. The van der Waals surface area contributed by atoms with E-state index in [9.17, 15) is 13.2 Å². The van der Waals surface area contributed by atoms with Gasteiger partial charge in [-0.15, -0.1) is 0 Å². The van der Waals surface area contributed by atoms with E-state index >= 15 is 0 Å². The van der Waals surface area contributed by atoms with Crippen LogP contribution in [0.4, 0.5) is 11.4 Å². The van der Waals surface area contributed by atoms with Crippen LogP contribution in [-0.4, -0.2) is 49.3 Å². The predicted molar refractivity (Wildman–Crippen MR) is 133 cm³/mol. The first kappa shape index (κ1) is 25.7. The Labute approximate surface area is 205 Å². The Bertz CT molecular complexity index is 1310. The molecule has 186 valence electrons. The summed E-state index contributed by atoms with van der Waals surface area (Å²) in [6, 6.07) is 16.2. The van der Waals surface area contributed by atoms with Gasteiger partial charge in [0, 0.05) is 12.1 Å². The summed E-state index contributed by atoms with van der Waals surface area (Å²) >= 11 is 0. The van der Waals surface area contributed by atoms with Gasteiger partial charge in [0.2, 0.25) is 5.91 Å². The van der Waals surface area contributed by atoms with Gasteiger partial charge in [-0.3, -0.25) is 9.10 Å². The molecule has 0 aliphatic carbocycles. The van der Waals surface area contributed by atoms with Gasteiger partial charge in [-0.25, -0.2) is 8.42 Å². The van der Waals surface area contributed by atoms with Gasteiger partial charge >= 0.3 is 0 Å². The molecule has 35 heavy (non-hydrogen) atoms. The second-order valence-electron chi connectivity index (χ2n) is 7.48. The lowest BCUT2D eigenvalue weighted by Gasteiger charge is -2.25. The minimum Gasteiger partial charge on any atom is -0.497 e. The summed E-state index contributed by atoms with van der Waals surface area (Å²) in [5.41, 5.74) is 1.35. The van der Waals surface area contributed by atoms with Gasteiger partial charge in [0.1, 0.15) is 34.4 Å². The molecule has 9 nitrogen and oxygen atoms in total. The molecule has 3 aromatic rings. The maximum absolute atomic E-state index is 13.8. The molecule has 0 atom stereocenters. The third kappa shape index (κ3) is 5.78. The van der Waals surface area contributed by atoms with Crippen molar-refractivity contribution in [2.24, 2.45) is 0 Å². The smallest absolute Gasteiger partial charge is 0.268 e. The molecular weight excluding hydrogens is 472 g/mol. The van der Waals surface area contributed by atoms with Crippen molar-refractivity contribution >= 4 is 27.3 Å². The number of sulfonamides is 1. The minimum atomic E-state index is -4.22. The number of carbonyl (C=O) groups excluding carboxylic acids is 1. The fraction of sp³-hybridized carbons (Fsp3) is 0.240. The zero-order chi connectivity index (χ0) is 25.6. The molecule has 3 rings (SSSR count). The van der Waals surface area contributed by atoms with Crippen LogP contribution >= 0.6 is 0 Å². The van der Waals surface area contributed by atoms with Crippen molar-refractivity contribution in [1.82, 2.24) is 0 Å². The van der Waals surface area contributed by atoms with Crippen LogP contribution in [0, 0.1) is 6.92 Å². The molecule has 0 saturated carbocycles. The maximum atomic E-state index is 13.8. The van der Waals surface area contributed by atoms with Crippen LogP contribution in [0.3, 0.4) is 0 Å². The molecule has 0 heterocycles. The number of rotatable bonds is 10. The van der Waals surface area contributed by atoms with Gasteiger partial charge in [0.15, 0.2) is 0 Å². The Morgan fingerprint density at radius 2 is 1.51 bits per heavy atom. The fourth-order valence-corrected chi connectivity index (χ4v) is 5.06. The number of ether oxygens (including phenoxy) is 4. The van der Waals surface area contributed by atoms with Gasteiger partial charge in [0.05, 0.1) is 39.8 Å². The summed E-state index contributed by atoms with van der Waals surface area (Å²) in [5.74, 6) is 0.948. The van der Waals surface area contributed by atoms with Crippen LogP contribution in [0.5, 0.6) is 23.0 Å². The highest BCUT2D eigenvalue weighted by atomic mass is 32.2. The zero-order valence-corrected chi connectivity index (χ0v) is 21.0. The molecule has 10 heteroatoms. The van der Waals surface area contributed by atoms with Crippen molar-refractivity contribution in [3.63, 3.8) is 0 Å². The van der Waals surface area contributed by atoms with E-state index < -0.39 is 22.5 Å². The number of nitrogens with one attached hydrogen (secondary N) is 1. The molecular formula is C25H28N2O7S. The summed E-state index contributed by atoms with van der Waals surface area (Å²) in [4.78, 5) is 13.0. The van der Waals surface area contributed by atoms with Crippen LogP contribution in [0.2, 0.25) is 0 Å². The Morgan fingerprint density at radius 1 is 0.829 bits per heavy atom. The summed E-state index contributed by atoms with van der Waals surface area (Å²) < 4.78 is 49.8. The Hall–Kier alpha value is -3.92. The van der Waals surface area contributed by atoms with Crippen molar-refractivity contribution in [3.8, 4) is 23.0 Å². The molecule has 3 aromatic carbocycles. The van der Waals surface area contributed by atoms with Crippen molar-refractivity contribution < 1.29 is 32.2 Å². The highest BCUT2D eigenvalue weighted by Crippen LogP contribution is 2.33. The number of anilines is 2. The second kappa shape index (κ2) is 11.0. The van der Waals surface area contributed by atoms with E-state index in [2.05, 4.69) is 5.32 Å². The van der Waals surface area contributed by atoms with E-state index in [1.165, 1.54) is 34.5 Å². The van der Waals surface area contributed by atoms with E-state index in [0.717, 1.165) is 9.87 Å². The molecule has 0 radical (unpaired) electrons. The summed E-state index contributed by atoms with van der Waals surface area (Å²) in [6.07, 6.45) is 0. The van der Waals surface area contributed by atoms with Gasteiger partial charge in [0.25, 0.3) is 10.0 Å². The molecule has 0 unspecified atom stereocenters. The average Bonchev–Trinajstić information content (AvgIpc) is 2.87. The zero-order valence-electron chi connectivity index (χ0n) is 20.2. The van der Waals surface area contributed by atoms with Crippen LogP contribution in [0.25, 0.3) is 0 Å². The van der Waals surface area contributed by atoms with Gasteiger partial charge in [-0.1, -0.05) is 12.1 Å². The molecule has 0 aliphatic rings. The first-order chi connectivity index (χ1) is 16.7. The van der Waals surface area contributed by atoms with E-state index in [1.807, 2.05) is 0 Å². The first-order valence-corrected chi connectivity index (χ1v) is 12.0. The van der Waals surface area contributed by atoms with Gasteiger partial charge in [-0.05, 0) is 48.9 Å². The number of methoxy groups -OCH3 is 4. The lowest BCUT2D eigenvalue weighted by Crippen LogP contribution is -2.38. The van der Waals surface area contributed by atoms with E-state index in [0.29, 0.717) is 22.9 Å². The summed E-state index contributed by atoms with van der Waals surface area (Å²) in [5, 5.41) is 2.72. The molecule has 0 fully saturated rings. The Kier molecular flexibility index (Phi) is 8.08. The van der Waals surface area contributed by atoms with Crippen molar-refractivity contribution in [2.75, 3.05) is 44.6 Å². The maximum Gasteiger partial charge on any atom is 0.268 e. The second-order valence-corrected chi connectivity index (χ2v) is 9.31. The summed E-state index contributed by atoms with van der Waals surface area (Å²) in [7, 11) is 1.63. The number of hydrogen-bond donors (Lipinski definition) is 1. The van der Waals surface area contributed by atoms with E-state index in [-0.39, 0.29) is 16.3 Å². The Morgan fingerprint density at radius 3 is 2.17 bits per heavy atom. The molecule has 1 amide bonds. The highest BCUT2D eigenvalue weighted by Gasteiger charge is 2.30. The van der Waals surface area contributed by atoms with Gasteiger partial charge < -0.3 is 24.3 Å². The summed E-state index contributed by atoms with van der Waals surface area (Å²) in [6.45, 7) is 1.26. The number of amides is 1. The molecule has 1 N–H and O–H groups in total. The largest absolute Gasteiger partial charge is 0.497 e. The number of carbonyl (C=O) groups is 1. The molecule has 0 aromatic heterocycles. The standard InChI is InChI=1S/C25H28N2O7S/c1-17-9-12-22(33-4)24(13-17)35(29,30)27(18-7-6-8-19(14-18)31-2)16-25(28)26-21-11-10-20(32-3)15-23(21)34-5/h6-15H,16H2,1-5H3,(H,26,28). The van der Waals surface area contributed by atoms with Crippen LogP contribution in [-0.2, 0) is 14.8 Å². The van der Waals surface area contributed by atoms with E-state index in [4.69, 9.17) is 18.9 Å². The van der Waals surface area contributed by atoms with Crippen LogP contribution in [0.1, 0.15) is 5.56 Å². The molecule has 0 spiro atoms. The molecule has 0 bridgehead atoms. The minimum absolute atomic E-state index is 0.0577. The van der Waals surface area contributed by atoms with Crippen LogP contribution in [0.15, 0.2) is 65.6 Å². The lowest BCUT2D eigenvalue weighted by atomic mass is 10.2. The monoisotopic (exact) mass is 500 g/mol. The molecule has 0 saturated heterocycles. The van der Waals surface area contributed by atoms with Gasteiger partial charge in [-0.2, -0.15) is 0 Å². The van der Waals surface area contributed by atoms with Crippen molar-refractivity contribution in [2.45, 2.75) is 11.8 Å². The SMILES string of the molecule is COc1cccc(N(CC(=O)Nc2ccc(OC)cc2OC)S(=O)(=O)c2cc(C)ccc2OC)c1. The predicted octanol–water partition coefficient (Wildman–Crippen LogP) is 3.86. The topological polar surface area (TPSA) is 103 Å². The normalized spacial score (nSPS) is 10.9. The highest BCUT2D eigenvalue weighted by molar-refractivity contribution is 7.93. The number of benzene rings is 3. The average molecular weight is 501 g/mol. The fourth-order valence-electron chi connectivity index (χ4n) is 3.41. The first-order valence-electron chi connectivity index (χ1n) is 10.6. The third-order valence-electron chi connectivity index (χ3n) is 5.20. The van der Waals surface area contributed by atoms with Crippen molar-refractivity contribution in [1.29, 1.82) is 0 Å². The number of hydrogen-bond acceptors (Lipinski definition) is 7.